The highest BCUT2D eigenvalue weighted by Crippen LogP contribution is 2.45. The largest absolute Gasteiger partial charge is 0.297 e. The number of hydrogen-bond donors (Lipinski definition) is 0. The maximum atomic E-state index is 11.6. The van der Waals surface area contributed by atoms with Crippen LogP contribution >= 0.6 is 34.0 Å². The number of rotatable bonds is 18. The third-order valence-corrected chi connectivity index (χ3v) is 10.4. The summed E-state index contributed by atoms with van der Waals surface area (Å²) in [6.45, 7) is 6.82. The highest BCUT2D eigenvalue weighted by molar-refractivity contribution is 7.26. The first kappa shape index (κ1) is 28.3. The fourth-order valence-electron chi connectivity index (χ4n) is 4.70. The van der Waals surface area contributed by atoms with Crippen molar-refractivity contribution in [3.05, 3.63) is 45.1 Å². The Morgan fingerprint density at radius 2 is 1.20 bits per heavy atom. The fourth-order valence-corrected chi connectivity index (χ4v) is 8.18. The first-order valence-electron chi connectivity index (χ1n) is 14.0. The van der Waals surface area contributed by atoms with E-state index in [1.807, 2.05) is 22.7 Å². The molecule has 35 heavy (non-hydrogen) atoms. The van der Waals surface area contributed by atoms with Gasteiger partial charge < -0.3 is 0 Å². The molecule has 192 valence electrons. The van der Waals surface area contributed by atoms with Gasteiger partial charge in [0.15, 0.2) is 6.29 Å². The van der Waals surface area contributed by atoms with Crippen LogP contribution in [0.25, 0.3) is 19.5 Å². The van der Waals surface area contributed by atoms with Crippen LogP contribution in [0.5, 0.6) is 0 Å². The first-order valence-corrected chi connectivity index (χ1v) is 16.5. The second kappa shape index (κ2) is 15.8. The van der Waals surface area contributed by atoms with E-state index in [0.29, 0.717) is 0 Å². The van der Waals surface area contributed by atoms with Crippen molar-refractivity contribution in [1.82, 2.24) is 0 Å². The van der Waals surface area contributed by atoms with E-state index in [1.54, 1.807) is 11.3 Å². The first-order chi connectivity index (χ1) is 17.2. The molecule has 1 nitrogen and oxygen atoms in total. The lowest BCUT2D eigenvalue weighted by atomic mass is 10.0. The molecule has 4 heteroatoms. The van der Waals surface area contributed by atoms with Gasteiger partial charge in [0.2, 0.25) is 0 Å². The summed E-state index contributed by atoms with van der Waals surface area (Å²) in [7, 11) is 0. The monoisotopic (exact) mass is 528 g/mol. The highest BCUT2D eigenvalue weighted by atomic mass is 32.1. The van der Waals surface area contributed by atoms with Gasteiger partial charge in [-0.1, -0.05) is 78.6 Å². The van der Waals surface area contributed by atoms with Crippen molar-refractivity contribution in [1.29, 1.82) is 0 Å². The Morgan fingerprint density at radius 1 is 0.629 bits per heavy atom. The normalized spacial score (nSPS) is 11.4. The summed E-state index contributed by atoms with van der Waals surface area (Å²) >= 11 is 5.58. The predicted octanol–water partition coefficient (Wildman–Crippen LogP) is 11.4. The zero-order valence-corrected chi connectivity index (χ0v) is 24.6. The van der Waals surface area contributed by atoms with Crippen LogP contribution in [0, 0.1) is 0 Å². The molecule has 0 aliphatic carbocycles. The van der Waals surface area contributed by atoms with Crippen LogP contribution < -0.4 is 0 Å². The molecular weight excluding hydrogens is 485 g/mol. The number of carbonyl (C=O) groups excluding carboxylic acids is 1. The summed E-state index contributed by atoms with van der Waals surface area (Å²) in [5, 5.41) is 2.39. The molecule has 0 unspecified atom stereocenters. The molecule has 0 aliphatic rings. The molecule has 0 aromatic carbocycles. The smallest absolute Gasteiger partial charge is 0.160 e. The number of unbranched alkanes of at least 4 members (excludes halogenated alkanes) is 9. The van der Waals surface area contributed by atoms with Crippen molar-refractivity contribution in [2.45, 2.75) is 117 Å². The molecular formula is C31H44OS3. The Morgan fingerprint density at radius 3 is 1.80 bits per heavy atom. The summed E-state index contributed by atoms with van der Waals surface area (Å²) < 4.78 is 0. The summed E-state index contributed by atoms with van der Waals surface area (Å²) in [5.74, 6) is 0. The SMILES string of the molecule is CCCCCCc1csc(-c2sc(-c3sc(C=O)cc3CCCCCC)cc2CCCCCC)c1. The molecule has 0 aliphatic heterocycles. The molecule has 0 saturated carbocycles. The van der Waals surface area contributed by atoms with Gasteiger partial charge >= 0.3 is 0 Å². The third-order valence-electron chi connectivity index (χ3n) is 6.77. The van der Waals surface area contributed by atoms with Gasteiger partial charge in [-0.25, -0.2) is 0 Å². The fraction of sp³-hybridized carbons (Fsp3) is 0.581. The topological polar surface area (TPSA) is 17.1 Å². The van der Waals surface area contributed by atoms with E-state index in [9.17, 15) is 4.79 Å². The Bertz CT molecular complexity index is 1010. The van der Waals surface area contributed by atoms with E-state index >= 15 is 0 Å². The van der Waals surface area contributed by atoms with E-state index < -0.39 is 0 Å². The van der Waals surface area contributed by atoms with Crippen LogP contribution in [0.15, 0.2) is 23.6 Å². The zero-order valence-electron chi connectivity index (χ0n) is 22.1. The maximum Gasteiger partial charge on any atom is 0.160 e. The summed E-state index contributed by atoms with van der Waals surface area (Å²) in [5.41, 5.74) is 4.39. The lowest BCUT2D eigenvalue weighted by Crippen LogP contribution is -1.86. The summed E-state index contributed by atoms with van der Waals surface area (Å²) in [6, 6.07) is 7.07. The minimum Gasteiger partial charge on any atom is -0.297 e. The minimum absolute atomic E-state index is 0.871. The maximum absolute atomic E-state index is 11.6. The number of aldehydes is 1. The molecule has 0 N–H and O–H groups in total. The van der Waals surface area contributed by atoms with Gasteiger partial charge in [-0.05, 0) is 78.8 Å². The quantitative estimate of drug-likeness (QED) is 0.118. The average molecular weight is 529 g/mol. The van der Waals surface area contributed by atoms with Crippen molar-refractivity contribution in [2.24, 2.45) is 0 Å². The predicted molar refractivity (Wildman–Crippen MR) is 160 cm³/mol. The number of aryl methyl sites for hydroxylation is 3. The Hall–Kier alpha value is -1.23. The molecule has 3 aromatic rings. The Labute approximate surface area is 226 Å². The van der Waals surface area contributed by atoms with E-state index in [4.69, 9.17) is 0 Å². The van der Waals surface area contributed by atoms with Crippen molar-refractivity contribution in [3.63, 3.8) is 0 Å². The lowest BCUT2D eigenvalue weighted by molar-refractivity contribution is 0.112. The zero-order chi connectivity index (χ0) is 24.9. The van der Waals surface area contributed by atoms with Crippen LogP contribution in [0.3, 0.4) is 0 Å². The second-order valence-electron chi connectivity index (χ2n) is 9.84. The van der Waals surface area contributed by atoms with Crippen LogP contribution in [0.1, 0.15) is 124 Å². The van der Waals surface area contributed by atoms with Crippen LogP contribution in [0.4, 0.5) is 0 Å². The summed E-state index contributed by atoms with van der Waals surface area (Å²) in [6.07, 6.45) is 20.0. The van der Waals surface area contributed by atoms with Crippen LogP contribution in [0.2, 0.25) is 0 Å². The lowest BCUT2D eigenvalue weighted by Gasteiger charge is -2.02. The summed E-state index contributed by atoms with van der Waals surface area (Å²) in [4.78, 5) is 18.1. The van der Waals surface area contributed by atoms with Gasteiger partial charge in [-0.2, -0.15) is 0 Å². The van der Waals surface area contributed by atoms with Gasteiger partial charge in [-0.15, -0.1) is 34.0 Å². The molecule has 0 saturated heterocycles. The molecule has 3 aromatic heterocycles. The number of thiophene rings is 3. The van der Waals surface area contributed by atoms with E-state index in [1.165, 1.54) is 120 Å². The van der Waals surface area contributed by atoms with E-state index in [-0.39, 0.29) is 0 Å². The molecule has 0 spiro atoms. The Kier molecular flexibility index (Phi) is 12.8. The molecule has 0 radical (unpaired) electrons. The van der Waals surface area contributed by atoms with Gasteiger partial charge in [-0.3, -0.25) is 4.79 Å². The minimum atomic E-state index is 0.871. The molecule has 0 atom stereocenters. The van der Waals surface area contributed by atoms with Gasteiger partial charge in [0, 0.05) is 19.5 Å². The van der Waals surface area contributed by atoms with Crippen molar-refractivity contribution in [2.75, 3.05) is 0 Å². The molecule has 3 rings (SSSR count). The standard InChI is InChI=1S/C31H44OS3/c1-4-7-10-13-16-24-19-28(33-23-24)30-26(18-15-12-9-6-3)21-29(35-30)31-25(17-14-11-8-5-2)20-27(22-32)34-31/h19-23H,4-18H2,1-3H3. The average Bonchev–Trinajstić information content (AvgIpc) is 3.60. The third kappa shape index (κ3) is 8.68. The Balaban J connectivity index is 1.85. The van der Waals surface area contributed by atoms with Crippen LogP contribution in [-0.4, -0.2) is 6.29 Å². The van der Waals surface area contributed by atoms with E-state index in [0.717, 1.165) is 24.0 Å². The molecule has 0 bridgehead atoms. The second-order valence-corrected chi connectivity index (χ2v) is 12.9. The van der Waals surface area contributed by atoms with Gasteiger partial charge in [0.05, 0.1) is 4.88 Å². The number of carbonyl (C=O) groups is 1. The van der Waals surface area contributed by atoms with Crippen molar-refractivity contribution >= 4 is 40.3 Å². The van der Waals surface area contributed by atoms with Crippen LogP contribution in [-0.2, 0) is 19.3 Å². The van der Waals surface area contributed by atoms with E-state index in [2.05, 4.69) is 44.4 Å². The number of hydrogen-bond acceptors (Lipinski definition) is 4. The van der Waals surface area contributed by atoms with Crippen molar-refractivity contribution in [3.8, 4) is 19.5 Å². The highest BCUT2D eigenvalue weighted by Gasteiger charge is 2.18. The van der Waals surface area contributed by atoms with Crippen molar-refractivity contribution < 1.29 is 4.79 Å². The van der Waals surface area contributed by atoms with Gasteiger partial charge in [0.1, 0.15) is 0 Å². The molecule has 0 fully saturated rings. The molecule has 0 amide bonds. The van der Waals surface area contributed by atoms with Gasteiger partial charge in [0.25, 0.3) is 0 Å². The molecule has 3 heterocycles.